The minimum Gasteiger partial charge on any atom is -0.478 e. The fourth-order valence-corrected chi connectivity index (χ4v) is 2.44. The highest BCUT2D eigenvalue weighted by molar-refractivity contribution is 9.10. The van der Waals surface area contributed by atoms with Crippen molar-refractivity contribution < 1.29 is 19.0 Å². The summed E-state index contributed by atoms with van der Waals surface area (Å²) in [6.45, 7) is 4.03. The van der Waals surface area contributed by atoms with E-state index in [9.17, 15) is 9.18 Å². The quantitative estimate of drug-likeness (QED) is 0.822. The number of carboxylic acid groups (broad SMARTS) is 1. The zero-order valence-corrected chi connectivity index (χ0v) is 13.1. The van der Waals surface area contributed by atoms with Crippen molar-refractivity contribution in [3.8, 4) is 11.5 Å². The van der Waals surface area contributed by atoms with Gasteiger partial charge in [-0.05, 0) is 45.6 Å². The Balaban J connectivity index is 2.42. The number of carboxylic acids is 1. The molecule has 0 bridgehead atoms. The van der Waals surface area contributed by atoms with Crippen molar-refractivity contribution >= 4 is 21.9 Å². The zero-order chi connectivity index (χ0) is 15.6. The van der Waals surface area contributed by atoms with Gasteiger partial charge in [-0.2, -0.15) is 0 Å². The second kappa shape index (κ2) is 6.26. The summed E-state index contributed by atoms with van der Waals surface area (Å²) in [6.07, 6.45) is 0. The Hall–Kier alpha value is -1.88. The van der Waals surface area contributed by atoms with Gasteiger partial charge in [-0.15, -0.1) is 0 Å². The molecule has 0 aromatic heterocycles. The molecule has 2 rings (SSSR count). The van der Waals surface area contributed by atoms with E-state index in [0.717, 1.165) is 5.56 Å². The van der Waals surface area contributed by atoms with Crippen LogP contribution in [0.3, 0.4) is 0 Å². The molecular formula is C16H14BrFO3. The first-order chi connectivity index (χ1) is 9.91. The Morgan fingerprint density at radius 1 is 1.19 bits per heavy atom. The van der Waals surface area contributed by atoms with Gasteiger partial charge in [0.05, 0.1) is 10.0 Å². The Bertz CT molecular complexity index is 683. The highest BCUT2D eigenvalue weighted by Crippen LogP contribution is 2.35. The Kier molecular flexibility index (Phi) is 4.63. The van der Waals surface area contributed by atoms with Gasteiger partial charge in [0.1, 0.15) is 5.75 Å². The third-order valence-electron chi connectivity index (χ3n) is 3.04. The molecule has 0 aliphatic rings. The van der Waals surface area contributed by atoms with Crippen LogP contribution in [0.2, 0.25) is 0 Å². The summed E-state index contributed by atoms with van der Waals surface area (Å²) in [6, 6.07) is 10.00. The molecule has 3 nitrogen and oxygen atoms in total. The lowest BCUT2D eigenvalue weighted by Gasteiger charge is -2.14. The summed E-state index contributed by atoms with van der Waals surface area (Å²) >= 11 is 2.96. The number of ether oxygens (including phenoxy) is 1. The smallest absolute Gasteiger partial charge is 0.336 e. The van der Waals surface area contributed by atoms with Gasteiger partial charge in [-0.25, -0.2) is 9.18 Å². The predicted octanol–water partition coefficient (Wildman–Crippen LogP) is 5.20. The van der Waals surface area contributed by atoms with Crippen molar-refractivity contribution in [2.24, 2.45) is 0 Å². The second-order valence-electron chi connectivity index (χ2n) is 4.84. The van der Waals surface area contributed by atoms with Crippen LogP contribution >= 0.6 is 15.9 Å². The van der Waals surface area contributed by atoms with Crippen LogP contribution in [0.5, 0.6) is 11.5 Å². The Labute approximate surface area is 130 Å². The van der Waals surface area contributed by atoms with Crippen LogP contribution < -0.4 is 4.74 Å². The number of carbonyl (C=O) groups is 1. The van der Waals surface area contributed by atoms with Crippen molar-refractivity contribution in [2.45, 2.75) is 19.8 Å². The number of benzene rings is 2. The monoisotopic (exact) mass is 352 g/mol. The molecule has 21 heavy (non-hydrogen) atoms. The predicted molar refractivity (Wildman–Crippen MR) is 81.7 cm³/mol. The number of para-hydroxylation sites is 1. The first kappa shape index (κ1) is 15.5. The molecule has 0 amide bonds. The molecular weight excluding hydrogens is 339 g/mol. The van der Waals surface area contributed by atoms with Gasteiger partial charge in [-0.3, -0.25) is 0 Å². The van der Waals surface area contributed by atoms with E-state index >= 15 is 0 Å². The molecule has 0 fully saturated rings. The number of hydrogen-bond acceptors (Lipinski definition) is 2. The molecule has 0 aliphatic carbocycles. The minimum atomic E-state index is -1.20. The van der Waals surface area contributed by atoms with E-state index in [2.05, 4.69) is 15.9 Å². The molecule has 2 aromatic rings. The lowest BCUT2D eigenvalue weighted by atomic mass is 10.0. The summed E-state index contributed by atoms with van der Waals surface area (Å²) in [5.74, 6) is -1.16. The molecule has 1 N–H and O–H groups in total. The maximum Gasteiger partial charge on any atom is 0.336 e. The largest absolute Gasteiger partial charge is 0.478 e. The summed E-state index contributed by atoms with van der Waals surface area (Å²) in [7, 11) is 0. The summed E-state index contributed by atoms with van der Waals surface area (Å²) in [4.78, 5) is 10.9. The minimum absolute atomic E-state index is 0.0139. The molecule has 0 radical (unpaired) electrons. The van der Waals surface area contributed by atoms with E-state index in [4.69, 9.17) is 9.84 Å². The molecule has 0 heterocycles. The molecule has 0 spiro atoms. The first-order valence-electron chi connectivity index (χ1n) is 6.40. The van der Waals surface area contributed by atoms with E-state index in [1.54, 1.807) is 12.1 Å². The number of halogens is 2. The molecule has 5 heteroatoms. The average Bonchev–Trinajstić information content (AvgIpc) is 2.44. The van der Waals surface area contributed by atoms with Crippen LogP contribution in [0.15, 0.2) is 40.9 Å². The van der Waals surface area contributed by atoms with E-state index < -0.39 is 11.8 Å². The fraction of sp³-hybridized carbons (Fsp3) is 0.188. The topological polar surface area (TPSA) is 46.5 Å². The van der Waals surface area contributed by atoms with Crippen LogP contribution in [-0.4, -0.2) is 11.1 Å². The van der Waals surface area contributed by atoms with E-state index in [1.807, 2.05) is 26.0 Å². The third-order valence-corrected chi connectivity index (χ3v) is 3.81. The number of aromatic carboxylic acids is 1. The SMILES string of the molecule is CC(C)c1ccccc1Oc1ccc(C(=O)O)c(Br)c1F. The van der Waals surface area contributed by atoms with E-state index in [1.165, 1.54) is 12.1 Å². The van der Waals surface area contributed by atoms with E-state index in [-0.39, 0.29) is 21.7 Å². The summed E-state index contributed by atoms with van der Waals surface area (Å²) in [5, 5.41) is 8.95. The second-order valence-corrected chi connectivity index (χ2v) is 5.63. The normalized spacial score (nSPS) is 10.7. The van der Waals surface area contributed by atoms with Gasteiger partial charge in [0.2, 0.25) is 0 Å². The van der Waals surface area contributed by atoms with Gasteiger partial charge >= 0.3 is 5.97 Å². The highest BCUT2D eigenvalue weighted by Gasteiger charge is 2.18. The van der Waals surface area contributed by atoms with Crippen LogP contribution in [0.1, 0.15) is 35.7 Å². The summed E-state index contributed by atoms with van der Waals surface area (Å²) < 4.78 is 19.7. The first-order valence-corrected chi connectivity index (χ1v) is 7.19. The highest BCUT2D eigenvalue weighted by atomic mass is 79.9. The van der Waals surface area contributed by atoms with Crippen LogP contribution in [0, 0.1) is 5.82 Å². The van der Waals surface area contributed by atoms with Crippen LogP contribution in [0.4, 0.5) is 4.39 Å². The summed E-state index contributed by atoms with van der Waals surface area (Å²) in [5.41, 5.74) is 0.812. The van der Waals surface area contributed by atoms with Gasteiger partial charge in [-0.1, -0.05) is 32.0 Å². The van der Waals surface area contributed by atoms with E-state index in [0.29, 0.717) is 5.75 Å². The van der Waals surface area contributed by atoms with Gasteiger partial charge in [0.15, 0.2) is 11.6 Å². The molecule has 110 valence electrons. The van der Waals surface area contributed by atoms with Crippen molar-refractivity contribution in [2.75, 3.05) is 0 Å². The van der Waals surface area contributed by atoms with Gasteiger partial charge in [0, 0.05) is 0 Å². The molecule has 0 unspecified atom stereocenters. The lowest BCUT2D eigenvalue weighted by molar-refractivity contribution is 0.0695. The maximum atomic E-state index is 14.2. The van der Waals surface area contributed by atoms with Crippen LogP contribution in [0.25, 0.3) is 0 Å². The van der Waals surface area contributed by atoms with Crippen molar-refractivity contribution in [1.82, 2.24) is 0 Å². The molecule has 2 aromatic carbocycles. The number of rotatable bonds is 4. The lowest BCUT2D eigenvalue weighted by Crippen LogP contribution is -2.01. The number of hydrogen-bond donors (Lipinski definition) is 1. The van der Waals surface area contributed by atoms with Crippen LogP contribution in [-0.2, 0) is 0 Å². The Morgan fingerprint density at radius 2 is 1.86 bits per heavy atom. The maximum absolute atomic E-state index is 14.2. The molecule has 0 saturated carbocycles. The third kappa shape index (κ3) is 3.24. The molecule has 0 aliphatic heterocycles. The van der Waals surface area contributed by atoms with Crippen molar-refractivity contribution in [3.05, 3.63) is 57.8 Å². The zero-order valence-electron chi connectivity index (χ0n) is 11.6. The molecule has 0 atom stereocenters. The van der Waals surface area contributed by atoms with Crippen molar-refractivity contribution in [1.29, 1.82) is 0 Å². The fourth-order valence-electron chi connectivity index (χ4n) is 1.94. The standard InChI is InChI=1S/C16H14BrFO3/c1-9(2)10-5-3-4-6-12(10)21-13-8-7-11(16(19)20)14(17)15(13)18/h3-9H,1-2H3,(H,19,20). The Morgan fingerprint density at radius 3 is 2.48 bits per heavy atom. The average molecular weight is 353 g/mol. The van der Waals surface area contributed by atoms with Gasteiger partial charge < -0.3 is 9.84 Å². The van der Waals surface area contributed by atoms with Gasteiger partial charge in [0.25, 0.3) is 0 Å². The molecule has 0 saturated heterocycles. The van der Waals surface area contributed by atoms with Crippen molar-refractivity contribution in [3.63, 3.8) is 0 Å².